The van der Waals surface area contributed by atoms with Crippen LogP contribution in [0.3, 0.4) is 0 Å². The summed E-state index contributed by atoms with van der Waals surface area (Å²) in [4.78, 5) is 17.7. The molecule has 25 heavy (non-hydrogen) atoms. The molecule has 128 valence electrons. The second kappa shape index (κ2) is 6.71. The lowest BCUT2D eigenvalue weighted by molar-refractivity contribution is -0.131. The van der Waals surface area contributed by atoms with E-state index in [1.807, 2.05) is 11.0 Å². The number of nitrogens with zero attached hydrogens (tertiary/aromatic N) is 1. The Morgan fingerprint density at radius 1 is 1.08 bits per heavy atom. The van der Waals surface area contributed by atoms with Gasteiger partial charge in [-0.25, -0.2) is 4.39 Å². The van der Waals surface area contributed by atoms with E-state index in [-0.39, 0.29) is 18.1 Å². The van der Waals surface area contributed by atoms with Crippen molar-refractivity contribution in [2.45, 2.75) is 25.2 Å². The Bertz CT molecular complexity index is 894. The maximum Gasteiger partial charge on any atom is 0.227 e. The Morgan fingerprint density at radius 2 is 1.80 bits per heavy atom. The Morgan fingerprint density at radius 3 is 2.60 bits per heavy atom. The number of H-pyrrole nitrogens is 1. The molecule has 0 radical (unpaired) electrons. The van der Waals surface area contributed by atoms with Crippen LogP contribution in [0.5, 0.6) is 0 Å². The van der Waals surface area contributed by atoms with Crippen LogP contribution in [0, 0.1) is 5.82 Å². The first-order chi connectivity index (χ1) is 12.2. The summed E-state index contributed by atoms with van der Waals surface area (Å²) < 4.78 is 13.7. The molecule has 2 aromatic carbocycles. The minimum atomic E-state index is -0.301. The number of fused-ring (bicyclic) bond motifs is 1. The summed E-state index contributed by atoms with van der Waals surface area (Å²) in [6.07, 6.45) is 4.15. The van der Waals surface area contributed by atoms with Crippen molar-refractivity contribution in [3.8, 4) is 0 Å². The van der Waals surface area contributed by atoms with Crippen LogP contribution in [0.4, 0.5) is 4.39 Å². The zero-order valence-corrected chi connectivity index (χ0v) is 14.0. The first-order valence-electron chi connectivity index (χ1n) is 8.79. The number of aromatic amines is 1. The number of amides is 1. The third-order valence-electron chi connectivity index (χ3n) is 5.21. The number of halogens is 1. The summed E-state index contributed by atoms with van der Waals surface area (Å²) in [6.45, 7) is 1.47. The molecule has 4 heteroatoms. The van der Waals surface area contributed by atoms with E-state index in [1.54, 1.807) is 18.2 Å². The number of rotatable bonds is 3. The van der Waals surface area contributed by atoms with E-state index in [9.17, 15) is 9.18 Å². The van der Waals surface area contributed by atoms with Crippen molar-refractivity contribution in [3.05, 3.63) is 71.7 Å². The van der Waals surface area contributed by atoms with E-state index in [1.165, 1.54) is 17.0 Å². The van der Waals surface area contributed by atoms with Gasteiger partial charge in [0.25, 0.3) is 0 Å². The zero-order valence-electron chi connectivity index (χ0n) is 14.0. The first-order valence-corrected chi connectivity index (χ1v) is 8.79. The van der Waals surface area contributed by atoms with Crippen LogP contribution in [0.25, 0.3) is 10.9 Å². The van der Waals surface area contributed by atoms with E-state index in [4.69, 9.17) is 0 Å². The van der Waals surface area contributed by atoms with E-state index < -0.39 is 0 Å². The van der Waals surface area contributed by atoms with Gasteiger partial charge in [0.1, 0.15) is 5.82 Å². The molecule has 1 amide bonds. The number of likely N-dealkylation sites (tertiary alicyclic amines) is 1. The second-order valence-electron chi connectivity index (χ2n) is 6.71. The van der Waals surface area contributed by atoms with Gasteiger partial charge in [-0.1, -0.05) is 36.4 Å². The maximum absolute atomic E-state index is 13.7. The van der Waals surface area contributed by atoms with Crippen molar-refractivity contribution in [2.24, 2.45) is 0 Å². The smallest absolute Gasteiger partial charge is 0.227 e. The Labute approximate surface area is 146 Å². The highest BCUT2D eigenvalue weighted by Crippen LogP contribution is 2.33. The highest BCUT2D eigenvalue weighted by molar-refractivity contribution is 5.84. The topological polar surface area (TPSA) is 36.1 Å². The molecule has 0 saturated carbocycles. The maximum atomic E-state index is 13.7. The van der Waals surface area contributed by atoms with Gasteiger partial charge >= 0.3 is 0 Å². The summed E-state index contributed by atoms with van der Waals surface area (Å²) in [6, 6.07) is 14.9. The van der Waals surface area contributed by atoms with Gasteiger partial charge in [-0.3, -0.25) is 4.79 Å². The minimum Gasteiger partial charge on any atom is -0.361 e. The SMILES string of the molecule is O=C(Cc1ccccc1F)N1CCC(c2c[nH]c3ccccc23)CC1. The van der Waals surface area contributed by atoms with Crippen molar-refractivity contribution >= 4 is 16.8 Å². The van der Waals surface area contributed by atoms with Gasteiger partial charge in [0, 0.05) is 30.2 Å². The lowest BCUT2D eigenvalue weighted by Gasteiger charge is -2.32. The monoisotopic (exact) mass is 336 g/mol. The average molecular weight is 336 g/mol. The third-order valence-corrected chi connectivity index (χ3v) is 5.21. The third kappa shape index (κ3) is 3.16. The number of benzene rings is 2. The quantitative estimate of drug-likeness (QED) is 0.762. The molecule has 1 aromatic heterocycles. The molecule has 0 bridgehead atoms. The molecule has 4 rings (SSSR count). The second-order valence-corrected chi connectivity index (χ2v) is 6.71. The molecule has 1 aliphatic rings. The highest BCUT2D eigenvalue weighted by atomic mass is 19.1. The number of piperidine rings is 1. The molecule has 1 fully saturated rings. The first kappa shape index (κ1) is 15.9. The Hall–Kier alpha value is -2.62. The number of aromatic nitrogens is 1. The lowest BCUT2D eigenvalue weighted by atomic mass is 9.89. The fourth-order valence-electron chi connectivity index (χ4n) is 3.79. The van der Waals surface area contributed by atoms with Crippen LogP contribution in [-0.2, 0) is 11.2 Å². The molecule has 2 heterocycles. The molecule has 0 atom stereocenters. The van der Waals surface area contributed by atoms with Crippen molar-refractivity contribution in [3.63, 3.8) is 0 Å². The van der Waals surface area contributed by atoms with Gasteiger partial charge < -0.3 is 9.88 Å². The van der Waals surface area contributed by atoms with Crippen LogP contribution >= 0.6 is 0 Å². The normalized spacial score (nSPS) is 15.6. The van der Waals surface area contributed by atoms with Gasteiger partial charge in [-0.2, -0.15) is 0 Å². The summed E-state index contributed by atoms with van der Waals surface area (Å²) in [5.74, 6) is 0.181. The Kier molecular flexibility index (Phi) is 4.26. The fraction of sp³-hybridized carbons (Fsp3) is 0.286. The van der Waals surface area contributed by atoms with Crippen molar-refractivity contribution < 1.29 is 9.18 Å². The Balaban J connectivity index is 1.41. The summed E-state index contributed by atoms with van der Waals surface area (Å²) >= 11 is 0. The van der Waals surface area contributed by atoms with Crippen LogP contribution in [0.15, 0.2) is 54.7 Å². The predicted octanol–water partition coefficient (Wildman–Crippen LogP) is 4.26. The van der Waals surface area contributed by atoms with Gasteiger partial charge in [-0.05, 0) is 42.0 Å². The molecule has 3 aromatic rings. The highest BCUT2D eigenvalue weighted by Gasteiger charge is 2.25. The largest absolute Gasteiger partial charge is 0.361 e. The van der Waals surface area contributed by atoms with Gasteiger partial charge in [0.2, 0.25) is 5.91 Å². The molecule has 3 nitrogen and oxygen atoms in total. The van der Waals surface area contributed by atoms with E-state index in [0.717, 1.165) is 31.4 Å². The summed E-state index contributed by atoms with van der Waals surface area (Å²) in [7, 11) is 0. The minimum absolute atomic E-state index is 0.0162. The van der Waals surface area contributed by atoms with E-state index in [2.05, 4.69) is 29.4 Å². The molecular formula is C21H21FN2O. The molecule has 1 aliphatic heterocycles. The number of carbonyl (C=O) groups excluding carboxylic acids is 1. The van der Waals surface area contributed by atoms with Crippen LogP contribution in [0.2, 0.25) is 0 Å². The van der Waals surface area contributed by atoms with E-state index >= 15 is 0 Å². The van der Waals surface area contributed by atoms with Crippen molar-refractivity contribution in [2.75, 3.05) is 13.1 Å². The van der Waals surface area contributed by atoms with Gasteiger partial charge in [0.15, 0.2) is 0 Å². The predicted molar refractivity (Wildman–Crippen MR) is 97.0 cm³/mol. The number of hydrogen-bond acceptors (Lipinski definition) is 1. The van der Waals surface area contributed by atoms with Crippen LogP contribution in [-0.4, -0.2) is 28.9 Å². The summed E-state index contributed by atoms with van der Waals surface area (Å²) in [5.41, 5.74) is 2.98. The van der Waals surface area contributed by atoms with Crippen molar-refractivity contribution in [1.29, 1.82) is 0 Å². The van der Waals surface area contributed by atoms with E-state index in [0.29, 0.717) is 11.5 Å². The van der Waals surface area contributed by atoms with Crippen LogP contribution < -0.4 is 0 Å². The van der Waals surface area contributed by atoms with Gasteiger partial charge in [-0.15, -0.1) is 0 Å². The zero-order chi connectivity index (χ0) is 17.2. The molecule has 0 spiro atoms. The number of hydrogen-bond donors (Lipinski definition) is 1. The van der Waals surface area contributed by atoms with Gasteiger partial charge in [0.05, 0.1) is 6.42 Å². The van der Waals surface area contributed by atoms with Crippen LogP contribution in [0.1, 0.15) is 29.9 Å². The molecule has 1 N–H and O–H groups in total. The average Bonchev–Trinajstić information content (AvgIpc) is 3.08. The molecule has 0 aliphatic carbocycles. The summed E-state index contributed by atoms with van der Waals surface area (Å²) in [5, 5.41) is 1.28. The van der Waals surface area contributed by atoms with Crippen molar-refractivity contribution in [1.82, 2.24) is 9.88 Å². The standard InChI is InChI=1S/C21H21FN2O/c22-19-7-3-1-5-16(19)13-21(25)24-11-9-15(10-12-24)18-14-23-20-8-4-2-6-17(18)20/h1-8,14-15,23H,9-13H2. The number of nitrogens with one attached hydrogen (secondary N) is 1. The molecular weight excluding hydrogens is 315 g/mol. The molecule has 0 unspecified atom stereocenters. The number of carbonyl (C=O) groups is 1. The lowest BCUT2D eigenvalue weighted by Crippen LogP contribution is -2.38. The number of para-hydroxylation sites is 1. The fourth-order valence-corrected chi connectivity index (χ4v) is 3.79. The molecule has 1 saturated heterocycles.